The first kappa shape index (κ1) is 20.3. The summed E-state index contributed by atoms with van der Waals surface area (Å²) in [6.07, 6.45) is 5.51. The largest absolute Gasteiger partial charge is 0.481 e. The van der Waals surface area contributed by atoms with E-state index in [0.29, 0.717) is 19.3 Å². The van der Waals surface area contributed by atoms with Gasteiger partial charge in [-0.1, -0.05) is 35.9 Å². The first-order valence-electron chi connectivity index (χ1n) is 9.01. The third kappa shape index (κ3) is 3.74. The molecule has 28 heavy (non-hydrogen) atoms. The Hall–Kier alpha value is -2.45. The fourth-order valence-electron chi connectivity index (χ4n) is 4.30. The molecule has 1 aromatic rings. The van der Waals surface area contributed by atoms with Gasteiger partial charge in [-0.3, -0.25) is 9.59 Å². The zero-order valence-electron chi connectivity index (χ0n) is 15.5. The maximum Gasteiger partial charge on any atom is 0.317 e. The minimum Gasteiger partial charge on any atom is -0.481 e. The molecule has 2 aliphatic carbocycles. The average molecular weight is 405 g/mol. The standard InChI is InChI=1S/C20H23NO6S/c1-13(2)8-10-20-11-9-14(12-20)16(19(23)24)17(20)18(22)21-27-28(25,26)15-6-4-3-5-7-15/h3-7,9,11,14,16-17H,1,8,10,12H2,2H3,(H,21,22)(H,23,24). The molecule has 2 N–H and O–H groups in total. The molecule has 4 atom stereocenters. The molecule has 3 rings (SSSR count). The average Bonchev–Trinajstić information content (AvgIpc) is 3.22. The highest BCUT2D eigenvalue weighted by Crippen LogP contribution is 2.59. The van der Waals surface area contributed by atoms with E-state index in [9.17, 15) is 23.1 Å². The molecule has 1 saturated carbocycles. The zero-order chi connectivity index (χ0) is 20.5. The number of benzene rings is 1. The van der Waals surface area contributed by atoms with Crippen molar-refractivity contribution in [2.45, 2.75) is 31.1 Å². The number of nitrogens with one attached hydrogen (secondary N) is 1. The third-order valence-electron chi connectivity index (χ3n) is 5.60. The van der Waals surface area contributed by atoms with Crippen LogP contribution in [0.4, 0.5) is 0 Å². The van der Waals surface area contributed by atoms with Crippen molar-refractivity contribution in [1.29, 1.82) is 0 Å². The number of hydroxylamine groups is 1. The van der Waals surface area contributed by atoms with Gasteiger partial charge in [-0.15, -0.1) is 10.9 Å². The summed E-state index contributed by atoms with van der Waals surface area (Å²) in [6, 6.07) is 7.41. The maximum atomic E-state index is 12.9. The van der Waals surface area contributed by atoms with E-state index in [1.807, 2.05) is 24.6 Å². The summed E-state index contributed by atoms with van der Waals surface area (Å²) in [5, 5.41) is 9.66. The molecule has 0 saturated heterocycles. The van der Waals surface area contributed by atoms with Crippen LogP contribution < -0.4 is 5.48 Å². The van der Waals surface area contributed by atoms with Gasteiger partial charge in [0.05, 0.1) is 16.7 Å². The van der Waals surface area contributed by atoms with Crippen LogP contribution in [0.2, 0.25) is 0 Å². The van der Waals surface area contributed by atoms with Gasteiger partial charge < -0.3 is 5.11 Å². The van der Waals surface area contributed by atoms with Gasteiger partial charge in [-0.05, 0) is 44.2 Å². The summed E-state index contributed by atoms with van der Waals surface area (Å²) in [5.41, 5.74) is 2.29. The normalized spacial score (nSPS) is 28.2. The predicted molar refractivity (Wildman–Crippen MR) is 101 cm³/mol. The van der Waals surface area contributed by atoms with Crippen LogP contribution in [0.1, 0.15) is 26.2 Å². The van der Waals surface area contributed by atoms with Gasteiger partial charge in [0.25, 0.3) is 0 Å². The summed E-state index contributed by atoms with van der Waals surface area (Å²) in [6.45, 7) is 5.75. The summed E-state index contributed by atoms with van der Waals surface area (Å²) < 4.78 is 29.2. The van der Waals surface area contributed by atoms with Crippen molar-refractivity contribution >= 4 is 22.0 Å². The number of carboxylic acid groups (broad SMARTS) is 1. The second-order valence-corrected chi connectivity index (χ2v) is 9.12. The molecular formula is C20H23NO6S. The van der Waals surface area contributed by atoms with Crippen molar-refractivity contribution < 1.29 is 27.4 Å². The molecule has 8 heteroatoms. The SMILES string of the molecule is C=C(C)CCC12C=CC(C1)C(C(=O)O)C2C(=O)NOS(=O)(=O)c1ccccc1. The Bertz CT molecular complexity index is 923. The van der Waals surface area contributed by atoms with E-state index in [1.54, 1.807) is 6.07 Å². The Balaban J connectivity index is 1.80. The molecule has 1 fully saturated rings. The molecule has 0 aromatic heterocycles. The Morgan fingerprint density at radius 2 is 2.00 bits per heavy atom. The second-order valence-electron chi connectivity index (χ2n) is 7.58. The van der Waals surface area contributed by atoms with Crippen LogP contribution in [0.5, 0.6) is 0 Å². The number of hydrogen-bond acceptors (Lipinski definition) is 5. The lowest BCUT2D eigenvalue weighted by atomic mass is 9.70. The molecule has 1 aromatic carbocycles. The van der Waals surface area contributed by atoms with E-state index in [4.69, 9.17) is 4.28 Å². The molecule has 0 aliphatic heterocycles. The monoisotopic (exact) mass is 405 g/mol. The highest BCUT2D eigenvalue weighted by molar-refractivity contribution is 7.86. The summed E-state index contributed by atoms with van der Waals surface area (Å²) in [7, 11) is -4.19. The lowest BCUT2D eigenvalue weighted by Gasteiger charge is -2.33. The number of amides is 1. The Morgan fingerprint density at radius 3 is 2.61 bits per heavy atom. The molecule has 7 nitrogen and oxygen atoms in total. The van der Waals surface area contributed by atoms with Gasteiger partial charge in [0.15, 0.2) is 0 Å². The van der Waals surface area contributed by atoms with Crippen LogP contribution in [0.3, 0.4) is 0 Å². The van der Waals surface area contributed by atoms with Crippen LogP contribution in [-0.4, -0.2) is 25.4 Å². The number of rotatable bonds is 8. The second kappa shape index (κ2) is 7.52. The van der Waals surface area contributed by atoms with E-state index >= 15 is 0 Å². The number of fused-ring (bicyclic) bond motifs is 2. The van der Waals surface area contributed by atoms with Crippen LogP contribution in [0.25, 0.3) is 0 Å². The smallest absolute Gasteiger partial charge is 0.317 e. The number of allylic oxidation sites excluding steroid dienone is 3. The van der Waals surface area contributed by atoms with Gasteiger partial charge in [-0.25, -0.2) is 5.48 Å². The predicted octanol–water partition coefficient (Wildman–Crippen LogP) is 2.67. The lowest BCUT2D eigenvalue weighted by Crippen LogP contribution is -2.45. The van der Waals surface area contributed by atoms with E-state index < -0.39 is 39.2 Å². The van der Waals surface area contributed by atoms with Crippen LogP contribution in [0.15, 0.2) is 59.5 Å². The van der Waals surface area contributed by atoms with Crippen molar-refractivity contribution in [3.05, 3.63) is 54.6 Å². The minimum absolute atomic E-state index is 0.102. The fraction of sp³-hybridized carbons (Fsp3) is 0.400. The molecule has 150 valence electrons. The van der Waals surface area contributed by atoms with Gasteiger partial charge in [0, 0.05) is 5.41 Å². The van der Waals surface area contributed by atoms with E-state index in [-0.39, 0.29) is 10.8 Å². The van der Waals surface area contributed by atoms with Crippen molar-refractivity contribution in [1.82, 2.24) is 5.48 Å². The quantitative estimate of drug-likeness (QED) is 0.508. The van der Waals surface area contributed by atoms with Crippen molar-refractivity contribution in [3.8, 4) is 0 Å². The first-order chi connectivity index (χ1) is 13.2. The Labute approximate surface area is 164 Å². The van der Waals surface area contributed by atoms with Crippen LogP contribution in [-0.2, 0) is 24.0 Å². The topological polar surface area (TPSA) is 110 Å². The molecule has 0 radical (unpaired) electrons. The molecule has 0 heterocycles. The Kier molecular flexibility index (Phi) is 5.45. The number of aliphatic carboxylic acids is 1. The van der Waals surface area contributed by atoms with Crippen molar-refractivity contribution in [3.63, 3.8) is 0 Å². The van der Waals surface area contributed by atoms with Gasteiger partial charge in [0.1, 0.15) is 0 Å². The van der Waals surface area contributed by atoms with E-state index in [1.165, 1.54) is 24.3 Å². The first-order valence-corrected chi connectivity index (χ1v) is 10.4. The van der Waals surface area contributed by atoms with Crippen LogP contribution in [0, 0.1) is 23.2 Å². The Morgan fingerprint density at radius 1 is 1.32 bits per heavy atom. The van der Waals surface area contributed by atoms with Crippen molar-refractivity contribution in [2.75, 3.05) is 0 Å². The fourth-order valence-corrected chi connectivity index (χ4v) is 5.08. The van der Waals surface area contributed by atoms with Gasteiger partial charge >= 0.3 is 16.1 Å². The number of carboxylic acids is 1. The molecule has 1 amide bonds. The number of hydrogen-bond donors (Lipinski definition) is 2. The number of carbonyl (C=O) groups is 2. The molecule has 4 unspecified atom stereocenters. The number of carbonyl (C=O) groups excluding carboxylic acids is 1. The molecule has 0 spiro atoms. The zero-order valence-corrected chi connectivity index (χ0v) is 16.3. The molecule has 2 aliphatic rings. The highest BCUT2D eigenvalue weighted by Gasteiger charge is 2.60. The van der Waals surface area contributed by atoms with Crippen LogP contribution >= 0.6 is 0 Å². The lowest BCUT2D eigenvalue weighted by molar-refractivity contribution is -0.150. The molecule has 2 bridgehead atoms. The highest BCUT2D eigenvalue weighted by atomic mass is 32.2. The van der Waals surface area contributed by atoms with Crippen molar-refractivity contribution in [2.24, 2.45) is 23.2 Å². The summed E-state index contributed by atoms with van der Waals surface area (Å²) >= 11 is 0. The third-order valence-corrected chi connectivity index (χ3v) is 6.75. The maximum absolute atomic E-state index is 12.9. The molecular weight excluding hydrogens is 382 g/mol. The van der Waals surface area contributed by atoms with E-state index in [2.05, 4.69) is 6.58 Å². The van der Waals surface area contributed by atoms with Gasteiger partial charge in [-0.2, -0.15) is 8.42 Å². The summed E-state index contributed by atoms with van der Waals surface area (Å²) in [4.78, 5) is 24.6. The summed E-state index contributed by atoms with van der Waals surface area (Å²) in [5.74, 6) is -3.90. The van der Waals surface area contributed by atoms with Gasteiger partial charge in [0.2, 0.25) is 5.91 Å². The minimum atomic E-state index is -4.19. The van der Waals surface area contributed by atoms with E-state index in [0.717, 1.165) is 5.57 Å².